The van der Waals surface area contributed by atoms with Gasteiger partial charge in [-0.3, -0.25) is 0 Å². The van der Waals surface area contributed by atoms with Gasteiger partial charge in [0.1, 0.15) is 24.4 Å². The molecule has 0 radical (unpaired) electrons. The summed E-state index contributed by atoms with van der Waals surface area (Å²) in [6.07, 6.45) is -8.19. The lowest BCUT2D eigenvalue weighted by atomic mass is 9.82. The first-order valence-electron chi connectivity index (χ1n) is 9.02. The van der Waals surface area contributed by atoms with Crippen molar-refractivity contribution in [3.63, 3.8) is 0 Å². The molecule has 0 bridgehead atoms. The molecular weight excluding hydrogens is 380 g/mol. The molecule has 1 aliphatic carbocycles. The minimum absolute atomic E-state index is 0.101. The van der Waals surface area contributed by atoms with Gasteiger partial charge in [0.15, 0.2) is 6.29 Å². The van der Waals surface area contributed by atoms with Crippen molar-refractivity contribution in [3.05, 3.63) is 11.8 Å². The van der Waals surface area contributed by atoms with Gasteiger partial charge in [0, 0.05) is 18.4 Å². The third kappa shape index (κ3) is 3.64. The summed E-state index contributed by atoms with van der Waals surface area (Å²) in [5.74, 6) is -2.54. The van der Waals surface area contributed by atoms with E-state index in [1.54, 1.807) is 0 Å². The molecular formula is C17H26O11. The highest BCUT2D eigenvalue weighted by atomic mass is 16.8. The second kappa shape index (κ2) is 8.59. The number of carbonyl (C=O) groups excluding carboxylic acids is 1. The lowest BCUT2D eigenvalue weighted by Gasteiger charge is -2.43. The fourth-order valence-corrected chi connectivity index (χ4v) is 4.21. The number of carbonyl (C=O) groups is 1. The summed E-state index contributed by atoms with van der Waals surface area (Å²) >= 11 is 0. The van der Waals surface area contributed by atoms with Gasteiger partial charge in [0.2, 0.25) is 6.29 Å². The molecule has 3 aliphatic rings. The van der Waals surface area contributed by atoms with Crippen LogP contribution in [0.2, 0.25) is 0 Å². The number of ether oxygens (including phenoxy) is 4. The highest BCUT2D eigenvalue weighted by Gasteiger charge is 2.54. The molecule has 11 nitrogen and oxygen atoms in total. The fourth-order valence-electron chi connectivity index (χ4n) is 4.21. The average molecular weight is 406 g/mol. The average Bonchev–Trinajstić information content (AvgIpc) is 3.05. The Kier molecular flexibility index (Phi) is 6.57. The zero-order chi connectivity index (χ0) is 20.6. The van der Waals surface area contributed by atoms with Crippen molar-refractivity contribution in [2.45, 2.75) is 49.5 Å². The van der Waals surface area contributed by atoms with E-state index in [4.69, 9.17) is 18.9 Å². The van der Waals surface area contributed by atoms with Crippen molar-refractivity contribution in [3.8, 4) is 0 Å². The maximum Gasteiger partial charge on any atom is 0.337 e. The first-order valence-corrected chi connectivity index (χ1v) is 9.02. The SMILES string of the molecule is COC(=O)C1=CO[C@@H](O[C@@H]2O[C@H](CO)[C@@H](O)[C@H](O)[C@H]2O)[C@@H]2[C@@H](CO)C[C@H](O)[C@@H]12. The lowest BCUT2D eigenvalue weighted by molar-refractivity contribution is -0.343. The van der Waals surface area contributed by atoms with Gasteiger partial charge in [-0.05, 0) is 12.3 Å². The van der Waals surface area contributed by atoms with Crippen LogP contribution in [0.1, 0.15) is 6.42 Å². The smallest absolute Gasteiger partial charge is 0.337 e. The molecule has 0 aromatic carbocycles. The maximum atomic E-state index is 12.0. The molecule has 0 amide bonds. The Balaban J connectivity index is 1.83. The number of fused-ring (bicyclic) bond motifs is 1. The van der Waals surface area contributed by atoms with Crippen LogP contribution in [0.15, 0.2) is 11.8 Å². The van der Waals surface area contributed by atoms with Crippen LogP contribution >= 0.6 is 0 Å². The Bertz CT molecular complexity index is 594. The molecule has 11 heteroatoms. The van der Waals surface area contributed by atoms with E-state index in [9.17, 15) is 35.4 Å². The number of methoxy groups -OCH3 is 1. The summed E-state index contributed by atoms with van der Waals surface area (Å²) in [4.78, 5) is 12.0. The Morgan fingerprint density at radius 2 is 1.82 bits per heavy atom. The van der Waals surface area contributed by atoms with Crippen molar-refractivity contribution >= 4 is 5.97 Å². The van der Waals surface area contributed by atoms with Gasteiger partial charge >= 0.3 is 5.97 Å². The molecule has 1 saturated carbocycles. The minimum atomic E-state index is -1.63. The Labute approximate surface area is 160 Å². The zero-order valence-electron chi connectivity index (χ0n) is 15.2. The molecule has 28 heavy (non-hydrogen) atoms. The van der Waals surface area contributed by atoms with E-state index in [2.05, 4.69) is 0 Å². The first kappa shape index (κ1) is 21.4. The Hall–Kier alpha value is -1.31. The van der Waals surface area contributed by atoms with Gasteiger partial charge in [-0.2, -0.15) is 0 Å². The number of esters is 1. The monoisotopic (exact) mass is 406 g/mol. The summed E-state index contributed by atoms with van der Waals surface area (Å²) in [6.45, 7) is -0.919. The number of aliphatic hydroxyl groups is 6. The summed E-state index contributed by atoms with van der Waals surface area (Å²) in [7, 11) is 1.19. The van der Waals surface area contributed by atoms with Crippen LogP contribution < -0.4 is 0 Å². The van der Waals surface area contributed by atoms with E-state index in [0.717, 1.165) is 6.26 Å². The Morgan fingerprint density at radius 3 is 2.43 bits per heavy atom. The van der Waals surface area contributed by atoms with Crippen molar-refractivity contribution < 1.29 is 54.4 Å². The molecule has 0 aromatic heterocycles. The van der Waals surface area contributed by atoms with Gasteiger partial charge in [-0.15, -0.1) is 0 Å². The molecule has 3 rings (SSSR count). The van der Waals surface area contributed by atoms with E-state index in [-0.39, 0.29) is 18.6 Å². The fraction of sp³-hybridized carbons (Fsp3) is 0.824. The highest BCUT2D eigenvalue weighted by Crippen LogP contribution is 2.47. The van der Waals surface area contributed by atoms with Crippen molar-refractivity contribution in [1.29, 1.82) is 0 Å². The van der Waals surface area contributed by atoms with Crippen molar-refractivity contribution in [2.24, 2.45) is 17.8 Å². The number of rotatable bonds is 5. The largest absolute Gasteiger partial charge is 0.472 e. The van der Waals surface area contributed by atoms with Crippen LogP contribution in [0.5, 0.6) is 0 Å². The van der Waals surface area contributed by atoms with Gasteiger partial charge in [0.25, 0.3) is 0 Å². The van der Waals surface area contributed by atoms with Gasteiger partial charge < -0.3 is 49.6 Å². The summed E-state index contributed by atoms with van der Waals surface area (Å²) in [5.41, 5.74) is 0.101. The molecule has 0 aromatic rings. The van der Waals surface area contributed by atoms with Crippen molar-refractivity contribution in [2.75, 3.05) is 20.3 Å². The number of hydrogen-bond donors (Lipinski definition) is 6. The highest BCUT2D eigenvalue weighted by molar-refractivity contribution is 5.89. The van der Waals surface area contributed by atoms with Crippen LogP contribution in [-0.4, -0.2) is 100 Å². The molecule has 0 spiro atoms. The molecule has 160 valence electrons. The molecule has 1 saturated heterocycles. The molecule has 2 fully saturated rings. The van der Waals surface area contributed by atoms with Crippen LogP contribution in [0, 0.1) is 17.8 Å². The predicted molar refractivity (Wildman–Crippen MR) is 88.0 cm³/mol. The standard InChI is InChI=1S/C17H26O11/c1-25-15(24)7-5-26-16(10-6(3-18)2-8(20)11(7)10)28-17-14(23)13(22)12(21)9(4-19)27-17/h5-6,8-14,16-23H,2-4H2,1H3/t6-,8+,9-,10-,11-,12-,13+,14-,16+,17+/m1/s1. The summed E-state index contributed by atoms with van der Waals surface area (Å²) < 4.78 is 21.2. The zero-order valence-corrected chi connectivity index (χ0v) is 15.2. The number of aliphatic hydroxyl groups excluding tert-OH is 6. The topological polar surface area (TPSA) is 175 Å². The van der Waals surface area contributed by atoms with E-state index in [1.165, 1.54) is 7.11 Å². The maximum absolute atomic E-state index is 12.0. The first-order chi connectivity index (χ1) is 13.3. The second-order valence-corrected chi connectivity index (χ2v) is 7.25. The molecule has 0 unspecified atom stereocenters. The van der Waals surface area contributed by atoms with Gasteiger partial charge in [-0.25, -0.2) is 4.79 Å². The van der Waals surface area contributed by atoms with E-state index in [0.29, 0.717) is 0 Å². The molecule has 2 aliphatic heterocycles. The van der Waals surface area contributed by atoms with Crippen LogP contribution in [0.25, 0.3) is 0 Å². The minimum Gasteiger partial charge on any atom is -0.472 e. The summed E-state index contributed by atoms with van der Waals surface area (Å²) in [6, 6.07) is 0. The number of hydrogen-bond acceptors (Lipinski definition) is 11. The van der Waals surface area contributed by atoms with E-state index >= 15 is 0 Å². The second-order valence-electron chi connectivity index (χ2n) is 7.25. The quantitative estimate of drug-likeness (QED) is 0.254. The lowest BCUT2D eigenvalue weighted by Crippen LogP contribution is -2.60. The van der Waals surface area contributed by atoms with Gasteiger partial charge in [-0.1, -0.05) is 0 Å². The molecule has 10 atom stereocenters. The van der Waals surface area contributed by atoms with E-state index < -0.39 is 73.4 Å². The summed E-state index contributed by atoms with van der Waals surface area (Å²) in [5, 5.41) is 59.3. The van der Waals surface area contributed by atoms with Crippen molar-refractivity contribution in [1.82, 2.24) is 0 Å². The predicted octanol–water partition coefficient (Wildman–Crippen LogP) is -3.18. The third-order valence-electron chi connectivity index (χ3n) is 5.69. The Morgan fingerprint density at radius 1 is 1.11 bits per heavy atom. The van der Waals surface area contributed by atoms with E-state index in [1.807, 2.05) is 0 Å². The van der Waals surface area contributed by atoms with Crippen LogP contribution in [-0.2, 0) is 23.7 Å². The van der Waals surface area contributed by atoms with Crippen LogP contribution in [0.3, 0.4) is 0 Å². The molecule has 2 heterocycles. The third-order valence-corrected chi connectivity index (χ3v) is 5.69. The molecule has 6 N–H and O–H groups in total. The van der Waals surface area contributed by atoms with Gasteiger partial charge in [0.05, 0.1) is 31.7 Å². The van der Waals surface area contributed by atoms with Crippen LogP contribution in [0.4, 0.5) is 0 Å². The normalized spacial score (nSPS) is 45.8.